The quantitative estimate of drug-likeness (QED) is 0.661. The van der Waals surface area contributed by atoms with Gasteiger partial charge in [0.1, 0.15) is 5.75 Å². The summed E-state index contributed by atoms with van der Waals surface area (Å²) in [6.45, 7) is 3.03. The first-order chi connectivity index (χ1) is 13.7. The molecule has 0 saturated carbocycles. The molecular formula is C23H28N2O3. The Bertz CT molecular complexity index is 741. The van der Waals surface area contributed by atoms with Gasteiger partial charge in [-0.2, -0.15) is 0 Å². The van der Waals surface area contributed by atoms with Crippen LogP contribution in [0.15, 0.2) is 60.7 Å². The van der Waals surface area contributed by atoms with Crippen molar-refractivity contribution < 1.29 is 14.3 Å². The minimum absolute atomic E-state index is 0.146. The molecule has 1 aliphatic heterocycles. The van der Waals surface area contributed by atoms with Gasteiger partial charge in [-0.05, 0) is 30.5 Å². The first-order valence-electron chi connectivity index (χ1n) is 10.00. The molecule has 1 saturated heterocycles. The lowest BCUT2D eigenvalue weighted by atomic mass is 10.1. The fourth-order valence-electron chi connectivity index (χ4n) is 3.35. The van der Waals surface area contributed by atoms with Gasteiger partial charge in [-0.25, -0.2) is 0 Å². The summed E-state index contributed by atoms with van der Waals surface area (Å²) >= 11 is 0. The maximum Gasteiger partial charge on any atom is 0.223 e. The van der Waals surface area contributed by atoms with Crippen LogP contribution in [0.5, 0.6) is 5.75 Å². The van der Waals surface area contributed by atoms with Crippen LogP contribution >= 0.6 is 0 Å². The number of ether oxygens (including phenoxy) is 1. The largest absolute Gasteiger partial charge is 0.494 e. The normalized spacial score (nSPS) is 14.0. The van der Waals surface area contributed by atoms with E-state index in [0.717, 1.165) is 12.2 Å². The Hall–Kier alpha value is -2.82. The molecule has 2 aromatic rings. The lowest BCUT2D eigenvalue weighted by molar-refractivity contribution is -0.139. The van der Waals surface area contributed by atoms with E-state index >= 15 is 0 Å². The summed E-state index contributed by atoms with van der Waals surface area (Å²) in [4.78, 5) is 28.5. The van der Waals surface area contributed by atoms with Crippen molar-refractivity contribution in [2.75, 3.05) is 32.8 Å². The summed E-state index contributed by atoms with van der Waals surface area (Å²) in [7, 11) is 0. The number of hydrogen-bond acceptors (Lipinski definition) is 3. The highest BCUT2D eigenvalue weighted by atomic mass is 16.5. The molecule has 2 aromatic carbocycles. The number of piperazine rings is 1. The first kappa shape index (κ1) is 19.9. The average Bonchev–Trinajstić information content (AvgIpc) is 2.76. The van der Waals surface area contributed by atoms with Crippen LogP contribution in [0.2, 0.25) is 0 Å². The number of hydrogen-bond donors (Lipinski definition) is 0. The first-order valence-corrected chi connectivity index (χ1v) is 10.00. The molecule has 0 aliphatic carbocycles. The zero-order chi connectivity index (χ0) is 19.6. The van der Waals surface area contributed by atoms with Crippen LogP contribution in [-0.2, 0) is 16.0 Å². The standard InChI is InChI=1S/C23H28N2O3/c26-22(12-7-19-28-21-10-5-2-6-11-21)24-15-17-25(18-16-24)23(27)14-13-20-8-3-1-4-9-20/h1-6,8-11H,7,12-19H2. The van der Waals surface area contributed by atoms with Crippen LogP contribution in [-0.4, -0.2) is 54.4 Å². The molecule has 0 spiro atoms. The average molecular weight is 380 g/mol. The molecule has 0 radical (unpaired) electrons. The molecule has 5 heteroatoms. The Labute approximate surface area is 166 Å². The van der Waals surface area contributed by atoms with E-state index in [1.165, 1.54) is 5.56 Å². The zero-order valence-electron chi connectivity index (χ0n) is 16.3. The van der Waals surface area contributed by atoms with Crippen LogP contribution in [0.1, 0.15) is 24.8 Å². The number of amides is 2. The van der Waals surface area contributed by atoms with Gasteiger partial charge in [-0.3, -0.25) is 9.59 Å². The highest BCUT2D eigenvalue weighted by Crippen LogP contribution is 2.11. The summed E-state index contributed by atoms with van der Waals surface area (Å²) in [5.74, 6) is 1.15. The zero-order valence-corrected chi connectivity index (χ0v) is 16.3. The van der Waals surface area contributed by atoms with E-state index in [9.17, 15) is 9.59 Å². The van der Waals surface area contributed by atoms with E-state index in [4.69, 9.17) is 4.74 Å². The molecular weight excluding hydrogens is 352 g/mol. The van der Waals surface area contributed by atoms with E-state index in [0.29, 0.717) is 52.0 Å². The summed E-state index contributed by atoms with van der Waals surface area (Å²) < 4.78 is 5.63. The van der Waals surface area contributed by atoms with E-state index < -0.39 is 0 Å². The van der Waals surface area contributed by atoms with Crippen LogP contribution in [0, 0.1) is 0 Å². The third-order valence-electron chi connectivity index (χ3n) is 5.00. The van der Waals surface area contributed by atoms with E-state index in [1.54, 1.807) is 0 Å². The lowest BCUT2D eigenvalue weighted by Crippen LogP contribution is -2.50. The van der Waals surface area contributed by atoms with Gasteiger partial charge in [0.15, 0.2) is 0 Å². The van der Waals surface area contributed by atoms with E-state index in [2.05, 4.69) is 0 Å². The van der Waals surface area contributed by atoms with Crippen molar-refractivity contribution >= 4 is 11.8 Å². The Morgan fingerprint density at radius 2 is 1.29 bits per heavy atom. The van der Waals surface area contributed by atoms with Gasteiger partial charge in [0.25, 0.3) is 0 Å². The highest BCUT2D eigenvalue weighted by molar-refractivity contribution is 5.78. The molecule has 1 fully saturated rings. The van der Waals surface area contributed by atoms with Crippen LogP contribution in [0.25, 0.3) is 0 Å². The van der Waals surface area contributed by atoms with Crippen molar-refractivity contribution in [1.82, 2.24) is 9.80 Å². The maximum absolute atomic E-state index is 12.4. The molecule has 1 heterocycles. The molecule has 2 amide bonds. The second kappa shape index (κ2) is 10.5. The van der Waals surface area contributed by atoms with Gasteiger partial charge in [0.05, 0.1) is 6.61 Å². The topological polar surface area (TPSA) is 49.9 Å². The summed E-state index contributed by atoms with van der Waals surface area (Å²) in [5.41, 5.74) is 1.18. The van der Waals surface area contributed by atoms with Crippen molar-refractivity contribution in [2.24, 2.45) is 0 Å². The molecule has 3 rings (SSSR count). The number of nitrogens with zero attached hydrogens (tertiary/aromatic N) is 2. The van der Waals surface area contributed by atoms with Gasteiger partial charge in [0, 0.05) is 39.0 Å². The van der Waals surface area contributed by atoms with Gasteiger partial charge in [-0.1, -0.05) is 48.5 Å². The van der Waals surface area contributed by atoms with E-state index in [-0.39, 0.29) is 11.8 Å². The SMILES string of the molecule is O=C(CCCOc1ccccc1)N1CCN(C(=O)CCc2ccccc2)CC1. The smallest absolute Gasteiger partial charge is 0.223 e. The molecule has 0 aromatic heterocycles. The number of aryl methyl sites for hydroxylation is 1. The second-order valence-corrected chi connectivity index (χ2v) is 7.01. The summed E-state index contributed by atoms with van der Waals surface area (Å²) in [5, 5.41) is 0. The molecule has 0 N–H and O–H groups in total. The van der Waals surface area contributed by atoms with Gasteiger partial charge < -0.3 is 14.5 Å². The summed E-state index contributed by atoms with van der Waals surface area (Å²) in [6.07, 6.45) is 2.47. The number of carbonyl (C=O) groups is 2. The van der Waals surface area contributed by atoms with Crippen molar-refractivity contribution in [3.63, 3.8) is 0 Å². The van der Waals surface area contributed by atoms with Crippen LogP contribution < -0.4 is 4.74 Å². The van der Waals surface area contributed by atoms with Crippen LogP contribution in [0.4, 0.5) is 0 Å². The third-order valence-corrected chi connectivity index (χ3v) is 5.00. The highest BCUT2D eigenvalue weighted by Gasteiger charge is 2.23. The molecule has 1 aliphatic rings. The molecule has 5 nitrogen and oxygen atoms in total. The summed E-state index contributed by atoms with van der Waals surface area (Å²) in [6, 6.07) is 19.7. The Balaban J connectivity index is 1.31. The number of benzene rings is 2. The van der Waals surface area contributed by atoms with Gasteiger partial charge in [0.2, 0.25) is 11.8 Å². The second-order valence-electron chi connectivity index (χ2n) is 7.01. The van der Waals surface area contributed by atoms with Crippen molar-refractivity contribution in [3.05, 3.63) is 66.2 Å². The number of carbonyl (C=O) groups excluding carboxylic acids is 2. The van der Waals surface area contributed by atoms with Gasteiger partial charge >= 0.3 is 0 Å². The molecule has 0 bridgehead atoms. The maximum atomic E-state index is 12.4. The van der Waals surface area contributed by atoms with E-state index in [1.807, 2.05) is 70.5 Å². The minimum Gasteiger partial charge on any atom is -0.494 e. The number of para-hydroxylation sites is 1. The Kier molecular flexibility index (Phi) is 7.47. The predicted molar refractivity (Wildman–Crippen MR) is 109 cm³/mol. The minimum atomic E-state index is 0.146. The van der Waals surface area contributed by atoms with Gasteiger partial charge in [-0.15, -0.1) is 0 Å². The fourth-order valence-corrected chi connectivity index (χ4v) is 3.35. The molecule has 148 valence electrons. The number of rotatable bonds is 8. The van der Waals surface area contributed by atoms with Crippen molar-refractivity contribution in [3.8, 4) is 5.75 Å². The van der Waals surface area contributed by atoms with Crippen molar-refractivity contribution in [1.29, 1.82) is 0 Å². The monoisotopic (exact) mass is 380 g/mol. The lowest BCUT2D eigenvalue weighted by Gasteiger charge is -2.35. The third kappa shape index (κ3) is 6.12. The molecule has 28 heavy (non-hydrogen) atoms. The Morgan fingerprint density at radius 3 is 1.89 bits per heavy atom. The molecule has 0 atom stereocenters. The predicted octanol–water partition coefficient (Wildman–Crippen LogP) is 3.15. The van der Waals surface area contributed by atoms with Crippen LogP contribution in [0.3, 0.4) is 0 Å². The Morgan fingerprint density at radius 1 is 0.750 bits per heavy atom. The molecule has 0 unspecified atom stereocenters. The fraction of sp³-hybridized carbons (Fsp3) is 0.391. The van der Waals surface area contributed by atoms with Crippen molar-refractivity contribution in [2.45, 2.75) is 25.7 Å².